The summed E-state index contributed by atoms with van der Waals surface area (Å²) < 4.78 is 5.71. The Morgan fingerprint density at radius 3 is 2.68 bits per heavy atom. The van der Waals surface area contributed by atoms with Gasteiger partial charge in [0.25, 0.3) is 0 Å². The van der Waals surface area contributed by atoms with Gasteiger partial charge in [-0.1, -0.05) is 32.9 Å². The monoisotopic (exact) mass is 326 g/mol. The molecule has 0 aromatic heterocycles. The fraction of sp³-hybridized carbons (Fsp3) is 0.588. The third-order valence-corrected chi connectivity index (χ3v) is 3.88. The van der Waals surface area contributed by atoms with Crippen molar-refractivity contribution >= 4 is 18.3 Å². The highest BCUT2D eigenvalue weighted by Crippen LogP contribution is 2.17. The standard InChI is InChI=1S/C17H26N2O2.ClH/c1-12(2)11-21-16-6-4-5-14(7-16)8-19-17(20)13(3)15-9-18-10-15;/h4-7,12-13,15,18H,8-11H2,1-3H3,(H,19,20);1H. The van der Waals surface area contributed by atoms with Crippen molar-refractivity contribution in [2.24, 2.45) is 17.8 Å². The van der Waals surface area contributed by atoms with Crippen LogP contribution < -0.4 is 15.4 Å². The summed E-state index contributed by atoms with van der Waals surface area (Å²) in [7, 11) is 0. The summed E-state index contributed by atoms with van der Waals surface area (Å²) in [5.74, 6) is 2.06. The van der Waals surface area contributed by atoms with Crippen LogP contribution >= 0.6 is 12.4 Å². The predicted molar refractivity (Wildman–Crippen MR) is 91.4 cm³/mol. The second-order valence-electron chi connectivity index (χ2n) is 6.28. The second kappa shape index (κ2) is 9.01. The SMILES string of the molecule is CC(C)COc1cccc(CNC(=O)C(C)C2CNC2)c1.Cl. The lowest BCUT2D eigenvalue weighted by Gasteiger charge is -2.31. The van der Waals surface area contributed by atoms with Crippen molar-refractivity contribution in [3.8, 4) is 5.75 Å². The summed E-state index contributed by atoms with van der Waals surface area (Å²) in [5, 5.41) is 6.22. The first-order chi connectivity index (χ1) is 10.1. The van der Waals surface area contributed by atoms with Crippen LogP contribution in [0.3, 0.4) is 0 Å². The summed E-state index contributed by atoms with van der Waals surface area (Å²) in [5.41, 5.74) is 1.07. The first-order valence-electron chi connectivity index (χ1n) is 7.76. The molecule has 1 heterocycles. The molecule has 124 valence electrons. The van der Waals surface area contributed by atoms with E-state index in [1.807, 2.05) is 31.2 Å². The lowest BCUT2D eigenvalue weighted by Crippen LogP contribution is -2.49. The number of carbonyl (C=O) groups excluding carboxylic acids is 1. The van der Waals surface area contributed by atoms with E-state index in [1.165, 1.54) is 0 Å². The molecule has 22 heavy (non-hydrogen) atoms. The molecule has 0 spiro atoms. The molecule has 1 aliphatic rings. The van der Waals surface area contributed by atoms with E-state index in [0.29, 0.717) is 25.0 Å². The van der Waals surface area contributed by atoms with Crippen LogP contribution in [0, 0.1) is 17.8 Å². The van der Waals surface area contributed by atoms with Crippen LogP contribution in [-0.2, 0) is 11.3 Å². The topological polar surface area (TPSA) is 50.4 Å². The van der Waals surface area contributed by atoms with Gasteiger partial charge < -0.3 is 15.4 Å². The van der Waals surface area contributed by atoms with E-state index in [9.17, 15) is 4.79 Å². The van der Waals surface area contributed by atoms with Crippen LogP contribution in [-0.4, -0.2) is 25.6 Å². The lowest BCUT2D eigenvalue weighted by molar-refractivity contribution is -0.126. The van der Waals surface area contributed by atoms with Crippen molar-refractivity contribution in [2.45, 2.75) is 27.3 Å². The normalized spacial score (nSPS) is 15.6. The van der Waals surface area contributed by atoms with Gasteiger partial charge in [0.2, 0.25) is 5.91 Å². The molecule has 1 saturated heterocycles. The number of halogens is 1. The number of rotatable bonds is 7. The molecule has 1 atom stereocenters. The molecule has 1 aromatic rings. The van der Waals surface area contributed by atoms with Gasteiger partial charge >= 0.3 is 0 Å². The number of carbonyl (C=O) groups is 1. The molecule has 1 aromatic carbocycles. The van der Waals surface area contributed by atoms with Gasteiger partial charge in [-0.3, -0.25) is 4.79 Å². The molecule has 2 N–H and O–H groups in total. The number of amides is 1. The zero-order valence-corrected chi connectivity index (χ0v) is 14.4. The first kappa shape index (κ1) is 18.8. The molecule has 1 aliphatic heterocycles. The Labute approximate surface area is 139 Å². The Balaban J connectivity index is 0.00000242. The van der Waals surface area contributed by atoms with Crippen molar-refractivity contribution in [1.29, 1.82) is 0 Å². The molecular weight excluding hydrogens is 300 g/mol. The number of hydrogen-bond donors (Lipinski definition) is 2. The van der Waals surface area contributed by atoms with Crippen LogP contribution in [0.2, 0.25) is 0 Å². The van der Waals surface area contributed by atoms with Gasteiger partial charge in [-0.15, -0.1) is 12.4 Å². The summed E-state index contributed by atoms with van der Waals surface area (Å²) >= 11 is 0. The van der Waals surface area contributed by atoms with Crippen LogP contribution in [0.5, 0.6) is 5.75 Å². The fourth-order valence-electron chi connectivity index (χ4n) is 2.24. The maximum absolute atomic E-state index is 12.1. The van der Waals surface area contributed by atoms with E-state index in [4.69, 9.17) is 4.74 Å². The van der Waals surface area contributed by atoms with Crippen LogP contribution in [0.1, 0.15) is 26.3 Å². The summed E-state index contributed by atoms with van der Waals surface area (Å²) in [6, 6.07) is 7.93. The fourth-order valence-corrected chi connectivity index (χ4v) is 2.24. The highest BCUT2D eigenvalue weighted by Gasteiger charge is 2.28. The third kappa shape index (κ3) is 5.50. The first-order valence-corrected chi connectivity index (χ1v) is 7.76. The minimum Gasteiger partial charge on any atom is -0.493 e. The van der Waals surface area contributed by atoms with Gasteiger partial charge in [0.1, 0.15) is 5.75 Å². The van der Waals surface area contributed by atoms with Crippen molar-refractivity contribution < 1.29 is 9.53 Å². The quantitative estimate of drug-likeness (QED) is 0.810. The molecule has 1 fully saturated rings. The van der Waals surface area contributed by atoms with Crippen LogP contribution in [0.4, 0.5) is 0 Å². The molecule has 0 aliphatic carbocycles. The average molecular weight is 327 g/mol. The number of ether oxygens (including phenoxy) is 1. The zero-order chi connectivity index (χ0) is 15.2. The van der Waals surface area contributed by atoms with Gasteiger partial charge in [0.05, 0.1) is 6.61 Å². The van der Waals surface area contributed by atoms with Gasteiger partial charge in [-0.25, -0.2) is 0 Å². The van der Waals surface area contributed by atoms with E-state index in [2.05, 4.69) is 24.5 Å². The van der Waals surface area contributed by atoms with E-state index in [-0.39, 0.29) is 24.2 Å². The summed E-state index contributed by atoms with van der Waals surface area (Å²) in [6.45, 7) is 9.43. The zero-order valence-electron chi connectivity index (χ0n) is 13.6. The third-order valence-electron chi connectivity index (χ3n) is 3.88. The lowest BCUT2D eigenvalue weighted by atomic mass is 9.88. The number of nitrogens with one attached hydrogen (secondary N) is 2. The van der Waals surface area contributed by atoms with Gasteiger partial charge in [0, 0.05) is 12.5 Å². The Hall–Kier alpha value is -1.26. The molecule has 1 unspecified atom stereocenters. The van der Waals surface area contributed by atoms with Crippen molar-refractivity contribution in [1.82, 2.24) is 10.6 Å². The molecule has 0 radical (unpaired) electrons. The summed E-state index contributed by atoms with van der Waals surface area (Å²) in [4.78, 5) is 12.1. The van der Waals surface area contributed by atoms with E-state index in [1.54, 1.807) is 0 Å². The summed E-state index contributed by atoms with van der Waals surface area (Å²) in [6.07, 6.45) is 0. The average Bonchev–Trinajstić information content (AvgIpc) is 2.41. The van der Waals surface area contributed by atoms with Gasteiger partial charge in [-0.2, -0.15) is 0 Å². The molecule has 0 saturated carbocycles. The Kier molecular flexibility index (Phi) is 7.69. The maximum atomic E-state index is 12.1. The highest BCUT2D eigenvalue weighted by molar-refractivity contribution is 5.85. The maximum Gasteiger partial charge on any atom is 0.223 e. The number of hydrogen-bond acceptors (Lipinski definition) is 3. The Morgan fingerprint density at radius 1 is 1.36 bits per heavy atom. The van der Waals surface area contributed by atoms with E-state index >= 15 is 0 Å². The van der Waals surface area contributed by atoms with Crippen molar-refractivity contribution in [3.63, 3.8) is 0 Å². The minimum atomic E-state index is 0. The predicted octanol–water partition coefficient (Wildman–Crippen LogP) is 2.61. The smallest absolute Gasteiger partial charge is 0.223 e. The number of benzene rings is 1. The largest absolute Gasteiger partial charge is 0.493 e. The van der Waals surface area contributed by atoms with Gasteiger partial charge in [-0.05, 0) is 42.6 Å². The molecule has 2 rings (SSSR count). The molecule has 1 amide bonds. The van der Waals surface area contributed by atoms with Crippen molar-refractivity contribution in [3.05, 3.63) is 29.8 Å². The van der Waals surface area contributed by atoms with E-state index < -0.39 is 0 Å². The molecule has 0 bridgehead atoms. The van der Waals surface area contributed by atoms with Crippen LogP contribution in [0.15, 0.2) is 24.3 Å². The van der Waals surface area contributed by atoms with Gasteiger partial charge in [0.15, 0.2) is 0 Å². The second-order valence-corrected chi connectivity index (χ2v) is 6.28. The Bertz CT molecular complexity index is 475. The van der Waals surface area contributed by atoms with Crippen molar-refractivity contribution in [2.75, 3.05) is 19.7 Å². The van der Waals surface area contributed by atoms with E-state index in [0.717, 1.165) is 24.4 Å². The molecule has 4 nitrogen and oxygen atoms in total. The van der Waals surface area contributed by atoms with Crippen LogP contribution in [0.25, 0.3) is 0 Å². The molecule has 5 heteroatoms. The highest BCUT2D eigenvalue weighted by atomic mass is 35.5. The Morgan fingerprint density at radius 2 is 2.09 bits per heavy atom. The minimum absolute atomic E-state index is 0. The molecular formula is C17H27ClN2O2.